The highest BCUT2D eigenvalue weighted by molar-refractivity contribution is 5.79. The van der Waals surface area contributed by atoms with Crippen LogP contribution in [-0.2, 0) is 4.79 Å². The molecule has 0 aromatic heterocycles. The highest BCUT2D eigenvalue weighted by atomic mass is 16.1. The Hall–Kier alpha value is -0.570. The molecule has 0 bridgehead atoms. The summed E-state index contributed by atoms with van der Waals surface area (Å²) in [6.45, 7) is 9.16. The zero-order valence-corrected chi connectivity index (χ0v) is 10.2. The molecule has 0 spiro atoms. The number of carbonyl (C=O) groups is 1. The third kappa shape index (κ3) is 3.49. The first kappa shape index (κ1) is 12.5. The van der Waals surface area contributed by atoms with Gasteiger partial charge in [0, 0.05) is 13.1 Å². The van der Waals surface area contributed by atoms with E-state index in [1.54, 1.807) is 0 Å². The Morgan fingerprint density at radius 1 is 1.40 bits per heavy atom. The van der Waals surface area contributed by atoms with Crippen molar-refractivity contribution in [2.24, 2.45) is 17.8 Å². The van der Waals surface area contributed by atoms with E-state index >= 15 is 0 Å². The van der Waals surface area contributed by atoms with E-state index in [9.17, 15) is 4.79 Å². The summed E-state index contributed by atoms with van der Waals surface area (Å²) < 4.78 is 0. The van der Waals surface area contributed by atoms with Crippen LogP contribution < -0.4 is 10.6 Å². The van der Waals surface area contributed by atoms with Gasteiger partial charge >= 0.3 is 0 Å². The first-order valence-corrected chi connectivity index (χ1v) is 6.17. The van der Waals surface area contributed by atoms with Crippen LogP contribution in [0.25, 0.3) is 0 Å². The van der Waals surface area contributed by atoms with Crippen LogP contribution in [-0.4, -0.2) is 25.5 Å². The summed E-state index contributed by atoms with van der Waals surface area (Å²) in [5.74, 6) is 1.53. The summed E-state index contributed by atoms with van der Waals surface area (Å²) in [5.41, 5.74) is 0. The molecule has 1 fully saturated rings. The van der Waals surface area contributed by atoms with E-state index in [2.05, 4.69) is 31.4 Å². The van der Waals surface area contributed by atoms with Gasteiger partial charge in [-0.05, 0) is 18.4 Å². The van der Waals surface area contributed by atoms with E-state index in [4.69, 9.17) is 0 Å². The Bertz CT molecular complexity index is 202. The molecule has 0 radical (unpaired) electrons. The maximum absolute atomic E-state index is 11.8. The van der Waals surface area contributed by atoms with Crippen LogP contribution in [0.3, 0.4) is 0 Å². The molecule has 15 heavy (non-hydrogen) atoms. The fourth-order valence-corrected chi connectivity index (χ4v) is 2.11. The highest BCUT2D eigenvalue weighted by Gasteiger charge is 2.29. The minimum Gasteiger partial charge on any atom is -0.356 e. The Morgan fingerprint density at radius 3 is 2.53 bits per heavy atom. The summed E-state index contributed by atoms with van der Waals surface area (Å²) in [6.07, 6.45) is 2.30. The largest absolute Gasteiger partial charge is 0.356 e. The van der Waals surface area contributed by atoms with Crippen molar-refractivity contribution in [3.63, 3.8) is 0 Å². The zero-order chi connectivity index (χ0) is 11.3. The van der Waals surface area contributed by atoms with Crippen molar-refractivity contribution in [1.82, 2.24) is 10.6 Å². The fourth-order valence-electron chi connectivity index (χ4n) is 2.11. The molecule has 0 aromatic rings. The zero-order valence-electron chi connectivity index (χ0n) is 10.2. The Balaban J connectivity index is 2.29. The van der Waals surface area contributed by atoms with Gasteiger partial charge in [0.15, 0.2) is 0 Å². The highest BCUT2D eigenvalue weighted by Crippen LogP contribution is 2.16. The summed E-state index contributed by atoms with van der Waals surface area (Å²) in [5, 5.41) is 6.34. The molecule has 1 amide bonds. The number of hydrogen-bond donors (Lipinski definition) is 2. The van der Waals surface area contributed by atoms with Gasteiger partial charge in [0.2, 0.25) is 5.91 Å². The maximum atomic E-state index is 11.8. The van der Waals surface area contributed by atoms with Gasteiger partial charge in [0.25, 0.3) is 0 Å². The third-order valence-electron chi connectivity index (χ3n) is 3.57. The molecule has 3 heteroatoms. The smallest absolute Gasteiger partial charge is 0.224 e. The predicted octanol–water partition coefficient (Wildman–Crippen LogP) is 1.39. The van der Waals surface area contributed by atoms with Crippen LogP contribution in [0.15, 0.2) is 0 Å². The Kier molecular flexibility index (Phi) is 5.09. The lowest BCUT2D eigenvalue weighted by atomic mass is 9.96. The molecule has 2 atom stereocenters. The normalized spacial score (nSPS) is 25.9. The van der Waals surface area contributed by atoms with Gasteiger partial charge in [-0.3, -0.25) is 4.79 Å². The Labute approximate surface area is 93.0 Å². The van der Waals surface area contributed by atoms with Crippen molar-refractivity contribution < 1.29 is 4.79 Å². The van der Waals surface area contributed by atoms with Gasteiger partial charge in [0.05, 0.1) is 5.92 Å². The summed E-state index contributed by atoms with van der Waals surface area (Å²) in [7, 11) is 0. The van der Waals surface area contributed by atoms with Crippen LogP contribution in [0, 0.1) is 17.8 Å². The molecule has 88 valence electrons. The maximum Gasteiger partial charge on any atom is 0.224 e. The molecular weight excluding hydrogens is 188 g/mol. The lowest BCUT2D eigenvalue weighted by Gasteiger charge is -2.17. The van der Waals surface area contributed by atoms with Crippen LogP contribution in [0.5, 0.6) is 0 Å². The summed E-state index contributed by atoms with van der Waals surface area (Å²) >= 11 is 0. The quantitative estimate of drug-likeness (QED) is 0.723. The topological polar surface area (TPSA) is 41.1 Å². The molecule has 3 nitrogen and oxygen atoms in total. The third-order valence-corrected chi connectivity index (χ3v) is 3.57. The monoisotopic (exact) mass is 212 g/mol. The van der Waals surface area contributed by atoms with E-state index < -0.39 is 0 Å². The predicted molar refractivity (Wildman–Crippen MR) is 62.6 cm³/mol. The lowest BCUT2D eigenvalue weighted by molar-refractivity contribution is -0.125. The second-order valence-electron chi connectivity index (χ2n) is 4.67. The average Bonchev–Trinajstić information content (AvgIpc) is 2.66. The number of nitrogens with one attached hydrogen (secondary N) is 2. The van der Waals surface area contributed by atoms with E-state index in [-0.39, 0.29) is 11.8 Å². The van der Waals surface area contributed by atoms with Crippen molar-refractivity contribution >= 4 is 5.91 Å². The van der Waals surface area contributed by atoms with Crippen LogP contribution >= 0.6 is 0 Å². The SMILES string of the molecule is CCC(CC)CNC(=O)[C@@H]1CNC[C@H]1C. The van der Waals surface area contributed by atoms with Crippen LogP contribution in [0.1, 0.15) is 33.6 Å². The van der Waals surface area contributed by atoms with Crippen molar-refractivity contribution in [2.75, 3.05) is 19.6 Å². The number of rotatable bonds is 5. The van der Waals surface area contributed by atoms with Gasteiger partial charge in [0.1, 0.15) is 0 Å². The second kappa shape index (κ2) is 6.11. The minimum atomic E-state index is 0.180. The van der Waals surface area contributed by atoms with E-state index in [1.165, 1.54) is 0 Å². The van der Waals surface area contributed by atoms with Crippen molar-refractivity contribution in [3.8, 4) is 0 Å². The number of hydrogen-bond acceptors (Lipinski definition) is 2. The summed E-state index contributed by atoms with van der Waals surface area (Å²) in [4.78, 5) is 11.8. The van der Waals surface area contributed by atoms with E-state index in [0.717, 1.165) is 32.5 Å². The lowest BCUT2D eigenvalue weighted by Crippen LogP contribution is -2.37. The second-order valence-corrected chi connectivity index (χ2v) is 4.67. The van der Waals surface area contributed by atoms with E-state index in [1.807, 2.05) is 0 Å². The first-order chi connectivity index (χ1) is 7.19. The number of carbonyl (C=O) groups excluding carboxylic acids is 1. The summed E-state index contributed by atoms with van der Waals surface area (Å²) in [6, 6.07) is 0. The molecular formula is C12H24N2O. The average molecular weight is 212 g/mol. The molecule has 1 saturated heterocycles. The van der Waals surface area contributed by atoms with Crippen LogP contribution in [0.2, 0.25) is 0 Å². The molecule has 0 aliphatic carbocycles. The van der Waals surface area contributed by atoms with Crippen molar-refractivity contribution in [3.05, 3.63) is 0 Å². The van der Waals surface area contributed by atoms with Gasteiger partial charge in [-0.2, -0.15) is 0 Å². The molecule has 1 rings (SSSR count). The minimum absolute atomic E-state index is 0.180. The molecule has 2 N–H and O–H groups in total. The van der Waals surface area contributed by atoms with Crippen molar-refractivity contribution in [2.45, 2.75) is 33.6 Å². The molecule has 0 saturated carbocycles. The fraction of sp³-hybridized carbons (Fsp3) is 0.917. The standard InChI is InChI=1S/C12H24N2O/c1-4-10(5-2)7-14-12(15)11-8-13-6-9(11)3/h9-11,13H,4-8H2,1-3H3,(H,14,15)/t9-,11-/m1/s1. The Morgan fingerprint density at radius 2 is 2.07 bits per heavy atom. The van der Waals surface area contributed by atoms with Gasteiger partial charge in [-0.15, -0.1) is 0 Å². The van der Waals surface area contributed by atoms with Crippen LogP contribution in [0.4, 0.5) is 0 Å². The van der Waals surface area contributed by atoms with Gasteiger partial charge in [-0.25, -0.2) is 0 Å². The molecule has 0 unspecified atom stereocenters. The number of amides is 1. The molecule has 0 aromatic carbocycles. The van der Waals surface area contributed by atoms with Crippen molar-refractivity contribution in [1.29, 1.82) is 0 Å². The molecule has 1 aliphatic heterocycles. The first-order valence-electron chi connectivity index (χ1n) is 6.17. The van der Waals surface area contributed by atoms with Gasteiger partial charge in [-0.1, -0.05) is 33.6 Å². The van der Waals surface area contributed by atoms with E-state index in [0.29, 0.717) is 11.8 Å². The molecule has 1 heterocycles. The van der Waals surface area contributed by atoms with Gasteiger partial charge < -0.3 is 10.6 Å². The molecule has 1 aliphatic rings.